The van der Waals surface area contributed by atoms with Gasteiger partial charge >= 0.3 is 0 Å². The number of allylic oxidation sites excluding steroid dienone is 1. The molecule has 0 aliphatic rings. The molecule has 2 aromatic rings. The van der Waals surface area contributed by atoms with Crippen molar-refractivity contribution >= 4 is 16.8 Å². The molecule has 0 spiro atoms. The smallest absolute Gasteiger partial charge is 0.252 e. The standard InChI is InChI=1S/C21H23ClO2/c1-2-3-4-5-6-7-16-24-20-14-12-18(13-15-20)17-8-10-19(11-9-17)21(22)23/h2,8-15H,1,3-7,16H2. The van der Waals surface area contributed by atoms with Crippen LogP contribution in [0.2, 0.25) is 0 Å². The Morgan fingerprint density at radius 3 is 2.08 bits per heavy atom. The van der Waals surface area contributed by atoms with Crippen molar-refractivity contribution in [1.82, 2.24) is 0 Å². The van der Waals surface area contributed by atoms with Crippen molar-refractivity contribution in [3.63, 3.8) is 0 Å². The molecule has 24 heavy (non-hydrogen) atoms. The van der Waals surface area contributed by atoms with Crippen molar-refractivity contribution in [3.8, 4) is 16.9 Å². The quantitative estimate of drug-likeness (QED) is 0.290. The van der Waals surface area contributed by atoms with Crippen LogP contribution < -0.4 is 4.74 Å². The summed E-state index contributed by atoms with van der Waals surface area (Å²) in [6.45, 7) is 4.48. The van der Waals surface area contributed by atoms with E-state index >= 15 is 0 Å². The van der Waals surface area contributed by atoms with E-state index in [9.17, 15) is 4.79 Å². The third-order valence-electron chi connectivity index (χ3n) is 3.87. The molecule has 0 fully saturated rings. The largest absolute Gasteiger partial charge is 0.494 e. The summed E-state index contributed by atoms with van der Waals surface area (Å²) in [4.78, 5) is 11.1. The lowest BCUT2D eigenvalue weighted by atomic mass is 10.0. The monoisotopic (exact) mass is 342 g/mol. The Hall–Kier alpha value is -2.06. The van der Waals surface area contributed by atoms with Crippen molar-refractivity contribution in [2.45, 2.75) is 32.1 Å². The molecule has 0 unspecified atom stereocenters. The Bertz CT molecular complexity index is 645. The summed E-state index contributed by atoms with van der Waals surface area (Å²) in [6, 6.07) is 15.3. The molecule has 0 saturated carbocycles. The lowest BCUT2D eigenvalue weighted by Crippen LogP contribution is -1.97. The summed E-state index contributed by atoms with van der Waals surface area (Å²) in [6.07, 6.45) is 7.79. The van der Waals surface area contributed by atoms with Gasteiger partial charge in [0.2, 0.25) is 0 Å². The molecule has 0 amide bonds. The summed E-state index contributed by atoms with van der Waals surface area (Å²) in [5.74, 6) is 0.886. The number of carbonyl (C=O) groups excluding carboxylic acids is 1. The van der Waals surface area contributed by atoms with Crippen molar-refractivity contribution in [2.75, 3.05) is 6.61 Å². The topological polar surface area (TPSA) is 26.3 Å². The second-order valence-electron chi connectivity index (χ2n) is 5.72. The van der Waals surface area contributed by atoms with E-state index in [0.717, 1.165) is 36.3 Å². The Morgan fingerprint density at radius 1 is 0.917 bits per heavy atom. The predicted molar refractivity (Wildman–Crippen MR) is 101 cm³/mol. The summed E-state index contributed by atoms with van der Waals surface area (Å²) >= 11 is 5.46. The molecule has 0 bridgehead atoms. The summed E-state index contributed by atoms with van der Waals surface area (Å²) < 4.78 is 5.77. The summed E-state index contributed by atoms with van der Waals surface area (Å²) in [5.41, 5.74) is 2.64. The first-order valence-corrected chi connectivity index (χ1v) is 8.72. The highest BCUT2D eigenvalue weighted by molar-refractivity contribution is 6.67. The van der Waals surface area contributed by atoms with Crippen LogP contribution in [0.15, 0.2) is 61.2 Å². The molecule has 3 heteroatoms. The minimum absolute atomic E-state index is 0.435. The molecule has 0 aromatic heterocycles. The number of unbranched alkanes of at least 4 members (excludes halogenated alkanes) is 4. The van der Waals surface area contributed by atoms with Crippen molar-refractivity contribution in [2.24, 2.45) is 0 Å². The van der Waals surface area contributed by atoms with E-state index in [2.05, 4.69) is 6.58 Å². The van der Waals surface area contributed by atoms with Crippen LogP contribution >= 0.6 is 11.6 Å². The molecule has 0 N–H and O–H groups in total. The highest BCUT2D eigenvalue weighted by Gasteiger charge is 2.03. The van der Waals surface area contributed by atoms with Gasteiger partial charge in [0.05, 0.1) is 6.61 Å². The van der Waals surface area contributed by atoms with Crippen LogP contribution in [0.3, 0.4) is 0 Å². The summed E-state index contributed by atoms with van der Waals surface area (Å²) in [5, 5.41) is -0.435. The van der Waals surface area contributed by atoms with E-state index < -0.39 is 5.24 Å². The van der Waals surface area contributed by atoms with Crippen molar-refractivity contribution in [1.29, 1.82) is 0 Å². The molecule has 126 valence electrons. The maximum absolute atomic E-state index is 11.1. The number of benzene rings is 2. The average Bonchev–Trinajstić information content (AvgIpc) is 2.61. The fourth-order valence-corrected chi connectivity index (χ4v) is 2.60. The van der Waals surface area contributed by atoms with Crippen LogP contribution in [0.5, 0.6) is 5.75 Å². The van der Waals surface area contributed by atoms with Crippen LogP contribution in [-0.2, 0) is 0 Å². The zero-order valence-corrected chi connectivity index (χ0v) is 14.6. The number of rotatable bonds is 10. The third kappa shape index (κ3) is 5.86. The van der Waals surface area contributed by atoms with Gasteiger partial charge < -0.3 is 4.74 Å². The minimum Gasteiger partial charge on any atom is -0.494 e. The van der Waals surface area contributed by atoms with Crippen molar-refractivity contribution < 1.29 is 9.53 Å². The van der Waals surface area contributed by atoms with Crippen LogP contribution in [0.1, 0.15) is 42.5 Å². The lowest BCUT2D eigenvalue weighted by molar-refractivity contribution is 0.108. The van der Waals surface area contributed by atoms with E-state index in [4.69, 9.17) is 16.3 Å². The van der Waals surface area contributed by atoms with Gasteiger partial charge in [0, 0.05) is 5.56 Å². The molecule has 0 aliphatic carbocycles. The highest BCUT2D eigenvalue weighted by atomic mass is 35.5. The van der Waals surface area contributed by atoms with Gasteiger partial charge in [0.1, 0.15) is 5.75 Å². The third-order valence-corrected chi connectivity index (χ3v) is 4.09. The molecule has 0 heterocycles. The molecule has 2 aromatic carbocycles. The van der Waals surface area contributed by atoms with Crippen LogP contribution in [0, 0.1) is 0 Å². The van der Waals surface area contributed by atoms with Gasteiger partial charge in [-0.3, -0.25) is 4.79 Å². The number of halogens is 1. The molecule has 0 aliphatic heterocycles. The van der Waals surface area contributed by atoms with Gasteiger partial charge in [-0.25, -0.2) is 0 Å². The van der Waals surface area contributed by atoms with Gasteiger partial charge in [-0.2, -0.15) is 0 Å². The second-order valence-corrected chi connectivity index (χ2v) is 6.06. The number of ether oxygens (including phenoxy) is 1. The maximum atomic E-state index is 11.1. The van der Waals surface area contributed by atoms with Gasteiger partial charge in [0.25, 0.3) is 5.24 Å². The normalized spacial score (nSPS) is 10.4. The Balaban J connectivity index is 1.80. The van der Waals surface area contributed by atoms with E-state index in [1.54, 1.807) is 12.1 Å². The number of carbonyl (C=O) groups is 1. The van der Waals surface area contributed by atoms with Gasteiger partial charge in [-0.1, -0.05) is 43.2 Å². The van der Waals surface area contributed by atoms with E-state index in [0.29, 0.717) is 5.56 Å². The zero-order chi connectivity index (χ0) is 17.2. The van der Waals surface area contributed by atoms with E-state index in [1.807, 2.05) is 42.5 Å². The summed E-state index contributed by atoms with van der Waals surface area (Å²) in [7, 11) is 0. The zero-order valence-electron chi connectivity index (χ0n) is 13.8. The molecule has 0 atom stereocenters. The van der Waals surface area contributed by atoms with E-state index in [-0.39, 0.29) is 0 Å². The fourth-order valence-electron chi connectivity index (χ4n) is 2.47. The first-order chi connectivity index (χ1) is 11.7. The maximum Gasteiger partial charge on any atom is 0.252 e. The van der Waals surface area contributed by atoms with Crippen LogP contribution in [-0.4, -0.2) is 11.8 Å². The molecular weight excluding hydrogens is 320 g/mol. The SMILES string of the molecule is C=CCCCCCCOc1ccc(-c2ccc(C(=O)Cl)cc2)cc1. The van der Waals surface area contributed by atoms with Crippen LogP contribution in [0.4, 0.5) is 0 Å². The van der Waals surface area contributed by atoms with E-state index in [1.165, 1.54) is 19.3 Å². The lowest BCUT2D eigenvalue weighted by Gasteiger charge is -2.08. The Morgan fingerprint density at radius 2 is 1.50 bits per heavy atom. The van der Waals surface area contributed by atoms with Gasteiger partial charge in [0.15, 0.2) is 0 Å². The number of hydrogen-bond acceptors (Lipinski definition) is 2. The van der Waals surface area contributed by atoms with Gasteiger partial charge in [-0.15, -0.1) is 6.58 Å². The Kier molecular flexibility index (Phi) is 7.57. The first-order valence-electron chi connectivity index (χ1n) is 8.35. The first kappa shape index (κ1) is 18.3. The fraction of sp³-hybridized carbons (Fsp3) is 0.286. The van der Waals surface area contributed by atoms with Crippen molar-refractivity contribution in [3.05, 3.63) is 66.7 Å². The Labute approximate surface area is 149 Å². The molecule has 2 nitrogen and oxygen atoms in total. The average molecular weight is 343 g/mol. The second kappa shape index (κ2) is 9.94. The predicted octanol–water partition coefficient (Wildman–Crippen LogP) is 6.25. The molecule has 0 saturated heterocycles. The van der Waals surface area contributed by atoms with Gasteiger partial charge in [-0.05, 0) is 66.3 Å². The van der Waals surface area contributed by atoms with Crippen LogP contribution in [0.25, 0.3) is 11.1 Å². The highest BCUT2D eigenvalue weighted by Crippen LogP contribution is 2.23. The molecule has 0 radical (unpaired) electrons. The minimum atomic E-state index is -0.435. The molecular formula is C21H23ClO2. The number of hydrogen-bond donors (Lipinski definition) is 0. The molecule has 2 rings (SSSR count).